The topological polar surface area (TPSA) is 91.1 Å². The summed E-state index contributed by atoms with van der Waals surface area (Å²) in [7, 11) is 0. The summed E-state index contributed by atoms with van der Waals surface area (Å²) in [4.78, 5) is 13.7. The summed E-state index contributed by atoms with van der Waals surface area (Å²) in [5.41, 5.74) is 8.60. The number of nitrogens with one attached hydrogen (secondary N) is 1. The van der Waals surface area contributed by atoms with E-state index in [0.29, 0.717) is 11.7 Å². The Morgan fingerprint density at radius 1 is 1.55 bits per heavy atom. The minimum absolute atomic E-state index is 0.229. The molecule has 0 saturated carbocycles. The lowest BCUT2D eigenvalue weighted by molar-refractivity contribution is 0.149. The van der Waals surface area contributed by atoms with E-state index >= 15 is 0 Å². The first kappa shape index (κ1) is 13.7. The Labute approximate surface area is 121 Å². The van der Waals surface area contributed by atoms with E-state index in [1.165, 1.54) is 6.33 Å². The van der Waals surface area contributed by atoms with Gasteiger partial charge in [-0.3, -0.25) is 4.90 Å². The van der Waals surface area contributed by atoms with Gasteiger partial charge in [0.25, 0.3) is 0 Å². The van der Waals surface area contributed by atoms with Gasteiger partial charge in [0.2, 0.25) is 0 Å². The predicted octanol–water partition coefficient (Wildman–Crippen LogP) is 0.696. The van der Waals surface area contributed by atoms with E-state index < -0.39 is 0 Å². The number of anilines is 1. The van der Waals surface area contributed by atoms with Crippen molar-refractivity contribution in [2.45, 2.75) is 12.6 Å². The number of nitrogen functional groups attached to an aromatic ring is 1. The molecule has 1 fully saturated rings. The highest BCUT2D eigenvalue weighted by Gasteiger charge is 2.31. The molecule has 3 heterocycles. The van der Waals surface area contributed by atoms with Crippen LogP contribution in [0.25, 0.3) is 11.0 Å². The Kier molecular flexibility index (Phi) is 3.82. The molecule has 0 aliphatic carbocycles. The van der Waals surface area contributed by atoms with Crippen LogP contribution in [0.4, 0.5) is 5.82 Å². The van der Waals surface area contributed by atoms with Gasteiger partial charge >= 0.3 is 0 Å². The van der Waals surface area contributed by atoms with E-state index in [-0.39, 0.29) is 6.10 Å². The molecule has 0 spiro atoms. The Morgan fingerprint density at radius 2 is 2.40 bits per heavy atom. The van der Waals surface area contributed by atoms with Crippen LogP contribution in [-0.2, 0) is 6.54 Å². The van der Waals surface area contributed by atoms with Gasteiger partial charge in [0.1, 0.15) is 11.8 Å². The standard InChI is InChI=1S/C13H19N5OS/c1-20-6-9-4-18(5-10(9)19)3-8-2-15-12-11(8)16-7-17-13(12)14/h2,7,9-10,15,19H,3-6H2,1H3,(H2,14,16,17)/t9-,10+/m1/s1/i3+2. The highest BCUT2D eigenvalue weighted by Crippen LogP contribution is 2.25. The lowest BCUT2D eigenvalue weighted by Crippen LogP contribution is -2.21. The van der Waals surface area contributed by atoms with Crippen LogP contribution in [0.1, 0.15) is 5.56 Å². The van der Waals surface area contributed by atoms with Crippen molar-refractivity contribution in [2.75, 3.05) is 30.8 Å². The first-order chi connectivity index (χ1) is 9.69. The number of hydrogen-bond donors (Lipinski definition) is 3. The highest BCUT2D eigenvalue weighted by molar-refractivity contribution is 7.98. The second-order valence-corrected chi connectivity index (χ2v) is 6.18. The van der Waals surface area contributed by atoms with Gasteiger partial charge in [-0.2, -0.15) is 11.8 Å². The zero-order valence-corrected chi connectivity index (χ0v) is 12.2. The zero-order valence-electron chi connectivity index (χ0n) is 11.4. The number of rotatable bonds is 4. The van der Waals surface area contributed by atoms with Crippen molar-refractivity contribution >= 4 is 28.6 Å². The first-order valence-electron chi connectivity index (χ1n) is 6.65. The van der Waals surface area contributed by atoms with Crippen molar-refractivity contribution in [3.63, 3.8) is 0 Å². The molecule has 2 aromatic rings. The summed E-state index contributed by atoms with van der Waals surface area (Å²) < 4.78 is 0. The molecule has 3 rings (SSSR count). The fraction of sp³-hybridized carbons (Fsp3) is 0.538. The van der Waals surface area contributed by atoms with Gasteiger partial charge in [0.15, 0.2) is 5.82 Å². The molecule has 1 aliphatic heterocycles. The van der Waals surface area contributed by atoms with Gasteiger partial charge in [-0.05, 0) is 12.0 Å². The largest absolute Gasteiger partial charge is 0.391 e. The Morgan fingerprint density at radius 3 is 3.20 bits per heavy atom. The van der Waals surface area contributed by atoms with Crippen molar-refractivity contribution in [3.05, 3.63) is 18.1 Å². The maximum absolute atomic E-state index is 10.1. The predicted molar refractivity (Wildman–Crippen MR) is 81.5 cm³/mol. The maximum Gasteiger partial charge on any atom is 0.151 e. The number of nitrogens with two attached hydrogens (primary N) is 1. The number of fused-ring (bicyclic) bond motifs is 1. The molecule has 0 bridgehead atoms. The first-order valence-corrected chi connectivity index (χ1v) is 8.04. The molecule has 6 nitrogen and oxygen atoms in total. The average molecular weight is 295 g/mol. The van der Waals surface area contributed by atoms with Crippen LogP contribution in [0.3, 0.4) is 0 Å². The van der Waals surface area contributed by atoms with Gasteiger partial charge in [-0.15, -0.1) is 0 Å². The number of nitrogens with zero attached hydrogens (tertiary/aromatic N) is 3. The second-order valence-electron chi connectivity index (χ2n) is 5.27. The van der Waals surface area contributed by atoms with Crippen molar-refractivity contribution < 1.29 is 5.11 Å². The molecular weight excluding hydrogens is 276 g/mol. The Bertz CT molecular complexity index is 601. The molecule has 0 unspecified atom stereocenters. The van der Waals surface area contributed by atoms with E-state index in [1.807, 2.05) is 6.20 Å². The molecule has 4 N–H and O–H groups in total. The van der Waals surface area contributed by atoms with E-state index in [1.54, 1.807) is 11.8 Å². The summed E-state index contributed by atoms with van der Waals surface area (Å²) in [6.07, 6.45) is 5.27. The van der Waals surface area contributed by atoms with Crippen molar-refractivity contribution in [1.82, 2.24) is 19.9 Å². The minimum Gasteiger partial charge on any atom is -0.391 e. The molecule has 1 aliphatic rings. The van der Waals surface area contributed by atoms with Crippen molar-refractivity contribution in [3.8, 4) is 0 Å². The third-order valence-electron chi connectivity index (χ3n) is 3.83. The van der Waals surface area contributed by atoms with Gasteiger partial charge < -0.3 is 15.8 Å². The molecule has 2 atom stereocenters. The molecule has 0 radical (unpaired) electrons. The van der Waals surface area contributed by atoms with Gasteiger partial charge in [-0.25, -0.2) is 9.97 Å². The number of hydrogen-bond acceptors (Lipinski definition) is 6. The molecule has 0 aromatic carbocycles. The van der Waals surface area contributed by atoms with Crippen LogP contribution in [0.5, 0.6) is 0 Å². The third-order valence-corrected chi connectivity index (χ3v) is 4.59. The van der Waals surface area contributed by atoms with E-state index in [9.17, 15) is 5.11 Å². The third kappa shape index (κ3) is 2.48. The maximum atomic E-state index is 10.1. The van der Waals surface area contributed by atoms with Crippen molar-refractivity contribution in [1.29, 1.82) is 0 Å². The number of aliphatic hydroxyl groups is 1. The lowest BCUT2D eigenvalue weighted by Gasteiger charge is -2.14. The SMILES string of the molecule is CSC[C@H]1CN([14CH2]c2c[nH]c3c(N)ncnc23)C[C@@H]1O. The van der Waals surface area contributed by atoms with Gasteiger partial charge in [0, 0.05) is 37.3 Å². The second kappa shape index (κ2) is 5.59. The van der Waals surface area contributed by atoms with E-state index in [2.05, 4.69) is 26.1 Å². The van der Waals surface area contributed by atoms with Crippen LogP contribution < -0.4 is 5.73 Å². The molecule has 1 saturated heterocycles. The number of H-pyrrole nitrogens is 1. The number of aromatic nitrogens is 3. The summed E-state index contributed by atoms with van der Waals surface area (Å²) in [6, 6.07) is 0. The summed E-state index contributed by atoms with van der Waals surface area (Å²) in [6.45, 7) is 2.42. The number of β-amino-alcohol motifs (C(OH)–C–C–N with tert-alkyl or cyclic N) is 1. The number of aliphatic hydroxyl groups excluding tert-OH is 1. The van der Waals surface area contributed by atoms with Crippen LogP contribution in [0, 0.1) is 5.92 Å². The fourth-order valence-electron chi connectivity index (χ4n) is 2.82. The molecule has 20 heavy (non-hydrogen) atoms. The minimum atomic E-state index is -0.229. The van der Waals surface area contributed by atoms with Crippen LogP contribution in [0.2, 0.25) is 0 Å². The molecule has 7 heteroatoms. The summed E-state index contributed by atoms with van der Waals surface area (Å²) >= 11 is 1.79. The van der Waals surface area contributed by atoms with Gasteiger partial charge in [-0.1, -0.05) is 0 Å². The monoisotopic (exact) mass is 295 g/mol. The fourth-order valence-corrected chi connectivity index (χ4v) is 3.58. The summed E-state index contributed by atoms with van der Waals surface area (Å²) in [5.74, 6) is 1.83. The van der Waals surface area contributed by atoms with E-state index in [4.69, 9.17) is 5.73 Å². The van der Waals surface area contributed by atoms with Gasteiger partial charge in [0.05, 0.1) is 11.6 Å². The smallest absolute Gasteiger partial charge is 0.151 e. The lowest BCUT2D eigenvalue weighted by atomic mass is 10.1. The number of aromatic amines is 1. The highest BCUT2D eigenvalue weighted by atomic mass is 32.2. The van der Waals surface area contributed by atoms with Crippen LogP contribution in [0.15, 0.2) is 12.5 Å². The van der Waals surface area contributed by atoms with E-state index in [0.717, 1.165) is 42.0 Å². The average Bonchev–Trinajstić information content (AvgIpc) is 2.97. The molecule has 0 amide bonds. The van der Waals surface area contributed by atoms with Crippen molar-refractivity contribution in [2.24, 2.45) is 5.92 Å². The van der Waals surface area contributed by atoms with Crippen LogP contribution in [-0.4, -0.2) is 56.2 Å². The number of likely N-dealkylation sites (tertiary alicyclic amines) is 1. The molecule has 2 aromatic heterocycles. The quantitative estimate of drug-likeness (QED) is 0.769. The van der Waals surface area contributed by atoms with Crippen LogP contribution >= 0.6 is 11.8 Å². The number of thioether (sulfide) groups is 1. The summed E-state index contributed by atoms with van der Waals surface area (Å²) in [5, 5.41) is 10.1. The molecular formula is C13H19N5OS. The zero-order chi connectivity index (χ0) is 14.1. The normalized spacial score (nSPS) is 23.7. The molecule has 108 valence electrons. The Hall–Kier alpha value is -1.31. The Balaban J connectivity index is 1.76.